The van der Waals surface area contributed by atoms with E-state index in [1.165, 1.54) is 18.3 Å². The average molecular weight is 291 g/mol. The van der Waals surface area contributed by atoms with Crippen molar-refractivity contribution in [2.24, 2.45) is 0 Å². The van der Waals surface area contributed by atoms with E-state index in [4.69, 9.17) is 14.4 Å². The van der Waals surface area contributed by atoms with Crippen molar-refractivity contribution in [3.63, 3.8) is 0 Å². The standard InChI is InChI=1S/C14H18BNO5/c1-13(2)14(3,4)21-15(20-13)7-5-9-10(12(18)19)6-8-16-11(9)17/h5-8H,1-4H3,(H,16,17)(H,18,19)/b7-5+. The number of aromatic amines is 1. The van der Waals surface area contributed by atoms with E-state index >= 15 is 0 Å². The van der Waals surface area contributed by atoms with E-state index < -0.39 is 29.8 Å². The molecule has 2 rings (SSSR count). The molecule has 1 aliphatic rings. The van der Waals surface area contributed by atoms with Crippen LogP contribution in [-0.4, -0.2) is 34.4 Å². The van der Waals surface area contributed by atoms with Crippen LogP contribution in [-0.2, 0) is 9.31 Å². The predicted octanol–water partition coefficient (Wildman–Crippen LogP) is 1.72. The monoisotopic (exact) mass is 291 g/mol. The van der Waals surface area contributed by atoms with Crippen LogP contribution in [0.3, 0.4) is 0 Å². The molecule has 0 bridgehead atoms. The maximum absolute atomic E-state index is 11.8. The molecule has 0 radical (unpaired) electrons. The Morgan fingerprint density at radius 2 is 1.86 bits per heavy atom. The van der Waals surface area contributed by atoms with Gasteiger partial charge in [-0.3, -0.25) is 4.79 Å². The van der Waals surface area contributed by atoms with Gasteiger partial charge in [-0.1, -0.05) is 12.1 Å². The fourth-order valence-corrected chi connectivity index (χ4v) is 1.98. The van der Waals surface area contributed by atoms with Gasteiger partial charge in [0.1, 0.15) is 0 Å². The third kappa shape index (κ3) is 2.93. The number of rotatable bonds is 3. The van der Waals surface area contributed by atoms with E-state index in [9.17, 15) is 9.59 Å². The average Bonchev–Trinajstić information content (AvgIpc) is 2.55. The van der Waals surface area contributed by atoms with Gasteiger partial charge in [-0.2, -0.15) is 0 Å². The highest BCUT2D eigenvalue weighted by atomic mass is 16.7. The first-order valence-electron chi connectivity index (χ1n) is 6.63. The molecule has 2 N–H and O–H groups in total. The van der Waals surface area contributed by atoms with Crippen LogP contribution in [0.1, 0.15) is 43.6 Å². The topological polar surface area (TPSA) is 88.6 Å². The smallest absolute Gasteiger partial charge is 0.478 e. The van der Waals surface area contributed by atoms with Crippen LogP contribution in [0.15, 0.2) is 23.0 Å². The fraction of sp³-hybridized carbons (Fsp3) is 0.429. The lowest BCUT2D eigenvalue weighted by molar-refractivity contribution is 0.00578. The number of hydrogen-bond acceptors (Lipinski definition) is 4. The molecule has 0 spiro atoms. The third-order valence-corrected chi connectivity index (χ3v) is 3.92. The Bertz CT molecular complexity index is 631. The Morgan fingerprint density at radius 3 is 2.38 bits per heavy atom. The summed E-state index contributed by atoms with van der Waals surface area (Å²) >= 11 is 0. The van der Waals surface area contributed by atoms with E-state index in [1.807, 2.05) is 27.7 Å². The minimum Gasteiger partial charge on any atom is -0.478 e. The maximum Gasteiger partial charge on any atom is 0.487 e. The SMILES string of the molecule is CC1(C)OB(/C=C/c2c(C(=O)O)cc[nH]c2=O)OC1(C)C. The Labute approximate surface area is 122 Å². The molecule has 7 heteroatoms. The van der Waals surface area contributed by atoms with Gasteiger partial charge in [-0.15, -0.1) is 0 Å². The number of carboxylic acids is 1. The van der Waals surface area contributed by atoms with Crippen LogP contribution in [0.2, 0.25) is 0 Å². The molecule has 0 amide bonds. The van der Waals surface area contributed by atoms with E-state index in [0.29, 0.717) is 0 Å². The highest BCUT2D eigenvalue weighted by Gasteiger charge is 2.50. The first-order valence-corrected chi connectivity index (χ1v) is 6.63. The van der Waals surface area contributed by atoms with Crippen molar-refractivity contribution in [3.8, 4) is 0 Å². The van der Waals surface area contributed by atoms with Crippen LogP contribution in [0.4, 0.5) is 0 Å². The number of carboxylic acid groups (broad SMARTS) is 1. The second-order valence-corrected chi connectivity index (χ2v) is 5.92. The Kier molecular flexibility index (Phi) is 3.82. The van der Waals surface area contributed by atoms with Crippen molar-refractivity contribution in [2.45, 2.75) is 38.9 Å². The number of H-pyrrole nitrogens is 1. The van der Waals surface area contributed by atoms with Crippen molar-refractivity contribution < 1.29 is 19.2 Å². The normalized spacial score (nSPS) is 20.1. The lowest BCUT2D eigenvalue weighted by Gasteiger charge is -2.32. The quantitative estimate of drug-likeness (QED) is 0.828. The number of nitrogens with one attached hydrogen (secondary N) is 1. The van der Waals surface area contributed by atoms with E-state index in [0.717, 1.165) is 0 Å². The van der Waals surface area contributed by atoms with Crippen LogP contribution in [0, 0.1) is 0 Å². The fourth-order valence-electron chi connectivity index (χ4n) is 1.98. The van der Waals surface area contributed by atoms with E-state index in [2.05, 4.69) is 4.98 Å². The zero-order chi connectivity index (χ0) is 15.8. The van der Waals surface area contributed by atoms with Crippen molar-refractivity contribution in [1.29, 1.82) is 0 Å². The molecule has 0 unspecified atom stereocenters. The Morgan fingerprint density at radius 1 is 1.29 bits per heavy atom. The van der Waals surface area contributed by atoms with Gasteiger partial charge in [0.25, 0.3) is 5.56 Å². The number of carbonyl (C=O) groups is 1. The summed E-state index contributed by atoms with van der Waals surface area (Å²) in [5, 5.41) is 9.10. The van der Waals surface area contributed by atoms with Crippen molar-refractivity contribution in [3.05, 3.63) is 39.7 Å². The first-order chi connectivity index (χ1) is 9.64. The van der Waals surface area contributed by atoms with E-state index in [1.54, 1.807) is 5.98 Å². The molecule has 0 atom stereocenters. The molecule has 1 aromatic rings. The van der Waals surface area contributed by atoms with Gasteiger partial charge < -0.3 is 19.4 Å². The molecular formula is C14H18BNO5. The second kappa shape index (κ2) is 5.16. The molecule has 1 saturated heterocycles. The molecule has 1 fully saturated rings. The van der Waals surface area contributed by atoms with Crippen LogP contribution < -0.4 is 5.56 Å². The van der Waals surface area contributed by atoms with Gasteiger partial charge in [0, 0.05) is 6.20 Å². The summed E-state index contributed by atoms with van der Waals surface area (Å²) in [5.74, 6) is 0.391. The van der Waals surface area contributed by atoms with Crippen LogP contribution in [0.5, 0.6) is 0 Å². The number of aromatic nitrogens is 1. The highest BCUT2D eigenvalue weighted by Crippen LogP contribution is 2.36. The van der Waals surface area contributed by atoms with Gasteiger partial charge >= 0.3 is 13.1 Å². The molecule has 1 aliphatic heterocycles. The lowest BCUT2D eigenvalue weighted by Crippen LogP contribution is -2.41. The Balaban J connectivity index is 2.28. The summed E-state index contributed by atoms with van der Waals surface area (Å²) in [5.41, 5.74) is -1.43. The predicted molar refractivity (Wildman–Crippen MR) is 79.1 cm³/mol. The first kappa shape index (κ1) is 15.5. The van der Waals surface area contributed by atoms with Gasteiger partial charge in [0.05, 0.1) is 22.3 Å². The maximum atomic E-state index is 11.8. The van der Waals surface area contributed by atoms with Crippen LogP contribution in [0.25, 0.3) is 6.08 Å². The summed E-state index contributed by atoms with van der Waals surface area (Å²) < 4.78 is 11.5. The lowest BCUT2D eigenvalue weighted by atomic mass is 9.88. The van der Waals surface area contributed by atoms with Gasteiger partial charge in [-0.05, 0) is 33.8 Å². The molecule has 0 aromatic carbocycles. The highest BCUT2D eigenvalue weighted by molar-refractivity contribution is 6.52. The van der Waals surface area contributed by atoms with Crippen LogP contribution >= 0.6 is 0 Å². The summed E-state index contributed by atoms with van der Waals surface area (Å²) in [6, 6.07) is 1.34. The van der Waals surface area contributed by atoms with E-state index in [-0.39, 0.29) is 11.1 Å². The minimum atomic E-state index is -1.16. The van der Waals surface area contributed by atoms with Gasteiger partial charge in [-0.25, -0.2) is 4.79 Å². The molecule has 0 aliphatic carbocycles. The summed E-state index contributed by atoms with van der Waals surface area (Å²) in [4.78, 5) is 25.3. The summed E-state index contributed by atoms with van der Waals surface area (Å²) in [6.07, 6.45) is 2.72. The number of aromatic carboxylic acids is 1. The zero-order valence-corrected chi connectivity index (χ0v) is 12.5. The molecule has 112 valence electrons. The number of hydrogen-bond donors (Lipinski definition) is 2. The largest absolute Gasteiger partial charge is 0.487 e. The minimum absolute atomic E-state index is 0.0634. The number of pyridine rings is 1. The van der Waals surface area contributed by atoms with Crippen molar-refractivity contribution in [1.82, 2.24) is 4.98 Å². The van der Waals surface area contributed by atoms with Crippen molar-refractivity contribution >= 4 is 19.2 Å². The molecule has 1 aromatic heterocycles. The zero-order valence-electron chi connectivity index (χ0n) is 12.5. The molecule has 21 heavy (non-hydrogen) atoms. The molecular weight excluding hydrogens is 273 g/mol. The van der Waals surface area contributed by atoms with Gasteiger partial charge in [0.2, 0.25) is 0 Å². The summed E-state index contributed by atoms with van der Waals surface area (Å²) in [6.45, 7) is 7.66. The second-order valence-electron chi connectivity index (χ2n) is 5.92. The summed E-state index contributed by atoms with van der Waals surface area (Å²) in [7, 11) is -0.628. The van der Waals surface area contributed by atoms with Gasteiger partial charge in [0.15, 0.2) is 0 Å². The molecule has 2 heterocycles. The molecule has 0 saturated carbocycles. The molecule has 6 nitrogen and oxygen atoms in total. The third-order valence-electron chi connectivity index (χ3n) is 3.92. The Hall–Kier alpha value is -1.86. The van der Waals surface area contributed by atoms with Crippen molar-refractivity contribution in [2.75, 3.05) is 0 Å².